The summed E-state index contributed by atoms with van der Waals surface area (Å²) in [6.07, 6.45) is 4.71. The lowest BCUT2D eigenvalue weighted by Gasteiger charge is -2.42. The predicted octanol–water partition coefficient (Wildman–Crippen LogP) is 3.64. The number of carbonyl (C=O) groups is 1. The number of nitro benzene ring substituents is 1. The van der Waals surface area contributed by atoms with Gasteiger partial charge >= 0.3 is 0 Å². The third-order valence-corrected chi connectivity index (χ3v) is 7.92. The Bertz CT molecular complexity index is 1270. The molecule has 1 aliphatic carbocycles. The summed E-state index contributed by atoms with van der Waals surface area (Å²) in [7, 11) is -2.21. The van der Waals surface area contributed by atoms with Crippen molar-refractivity contribution in [2.45, 2.75) is 38.3 Å². The molecule has 2 aromatic rings. The molecule has 0 N–H and O–H groups in total. The monoisotopic (exact) mass is 560 g/mol. The summed E-state index contributed by atoms with van der Waals surface area (Å²) in [6, 6.07) is 13.8. The van der Waals surface area contributed by atoms with Gasteiger partial charge in [0, 0.05) is 38.2 Å². The Morgan fingerprint density at radius 1 is 1.08 bits per heavy atom. The maximum atomic E-state index is 13.7. The zero-order valence-electron chi connectivity index (χ0n) is 22.4. The summed E-state index contributed by atoms with van der Waals surface area (Å²) in [5.41, 5.74) is 0.952. The molecule has 11 nitrogen and oxygen atoms in total. The van der Waals surface area contributed by atoms with Crippen molar-refractivity contribution in [3.63, 3.8) is 0 Å². The van der Waals surface area contributed by atoms with Crippen molar-refractivity contribution >= 4 is 33.1 Å². The molecule has 1 amide bonds. The van der Waals surface area contributed by atoms with Gasteiger partial charge in [0.15, 0.2) is 0 Å². The second-order valence-electron chi connectivity index (χ2n) is 9.98. The van der Waals surface area contributed by atoms with Crippen LogP contribution in [0.25, 0.3) is 0 Å². The van der Waals surface area contributed by atoms with E-state index in [4.69, 9.17) is 8.92 Å². The van der Waals surface area contributed by atoms with Crippen LogP contribution in [0.4, 0.5) is 17.1 Å². The predicted molar refractivity (Wildman–Crippen MR) is 149 cm³/mol. The van der Waals surface area contributed by atoms with E-state index in [0.29, 0.717) is 18.8 Å². The van der Waals surface area contributed by atoms with Gasteiger partial charge in [-0.3, -0.25) is 19.8 Å². The highest BCUT2D eigenvalue weighted by Gasteiger charge is 2.34. The van der Waals surface area contributed by atoms with Gasteiger partial charge in [-0.15, -0.1) is 0 Å². The molecule has 2 aromatic carbocycles. The van der Waals surface area contributed by atoms with E-state index >= 15 is 0 Å². The molecule has 0 bridgehead atoms. The van der Waals surface area contributed by atoms with Crippen LogP contribution in [0, 0.1) is 16.0 Å². The third kappa shape index (κ3) is 7.25. The lowest BCUT2D eigenvalue weighted by molar-refractivity contribution is -0.384. The van der Waals surface area contributed by atoms with Crippen LogP contribution < -0.4 is 14.5 Å². The van der Waals surface area contributed by atoms with E-state index in [2.05, 4.69) is 0 Å². The van der Waals surface area contributed by atoms with E-state index in [-0.39, 0.29) is 42.8 Å². The van der Waals surface area contributed by atoms with Gasteiger partial charge in [0.2, 0.25) is 5.91 Å². The number of ether oxygens (including phenoxy) is 1. The first kappa shape index (κ1) is 28.8. The molecule has 0 aromatic heterocycles. The standard InChI is InChI=1S/C27H36N4O7S/c1-37-25-15-9-8-14-24(25)29-17-16-28(26(20-29)38-39(2,35)36)18-19-30(27(32)21-10-4-3-5-11-21)22-12-6-7-13-23(22)31(33)34/h6-9,12-15,21,26H,3-5,10-11,16-20H2,1-2H3. The smallest absolute Gasteiger partial charge is 0.292 e. The number of hydrogen-bond donors (Lipinski definition) is 0. The molecule has 2 fully saturated rings. The summed E-state index contributed by atoms with van der Waals surface area (Å²) in [4.78, 5) is 30.4. The molecule has 4 rings (SSSR count). The van der Waals surface area contributed by atoms with Crippen molar-refractivity contribution in [3.8, 4) is 5.75 Å². The number of benzene rings is 2. The number of anilines is 2. The van der Waals surface area contributed by atoms with Gasteiger partial charge in [-0.25, -0.2) is 4.18 Å². The fraction of sp³-hybridized carbons (Fsp3) is 0.519. The molecule has 1 saturated carbocycles. The van der Waals surface area contributed by atoms with Crippen molar-refractivity contribution < 1.29 is 27.1 Å². The van der Waals surface area contributed by atoms with E-state index in [1.807, 2.05) is 34.1 Å². The minimum absolute atomic E-state index is 0.128. The average Bonchev–Trinajstić information content (AvgIpc) is 2.93. The summed E-state index contributed by atoms with van der Waals surface area (Å²) in [5, 5.41) is 11.8. The Morgan fingerprint density at radius 2 is 1.77 bits per heavy atom. The van der Waals surface area contributed by atoms with Crippen LogP contribution in [-0.2, 0) is 19.1 Å². The fourth-order valence-corrected chi connectivity index (χ4v) is 6.03. The summed E-state index contributed by atoms with van der Waals surface area (Å²) in [5.74, 6) is 0.353. The van der Waals surface area contributed by atoms with E-state index in [1.165, 1.54) is 11.0 Å². The van der Waals surface area contributed by atoms with Gasteiger partial charge in [0.25, 0.3) is 15.8 Å². The Kier molecular flexibility index (Phi) is 9.41. The summed E-state index contributed by atoms with van der Waals surface area (Å²) < 4.78 is 35.3. The number of carbonyl (C=O) groups excluding carboxylic acids is 1. The number of para-hydroxylation sites is 4. The van der Waals surface area contributed by atoms with Crippen LogP contribution in [0.1, 0.15) is 32.1 Å². The van der Waals surface area contributed by atoms with Crippen molar-refractivity contribution in [1.82, 2.24) is 4.90 Å². The molecule has 1 unspecified atom stereocenters. The molecule has 1 saturated heterocycles. The lowest BCUT2D eigenvalue weighted by Crippen LogP contribution is -2.56. The molecule has 39 heavy (non-hydrogen) atoms. The Labute approximate surface area is 229 Å². The van der Waals surface area contributed by atoms with Crippen LogP contribution in [0.15, 0.2) is 48.5 Å². The van der Waals surface area contributed by atoms with Gasteiger partial charge in [-0.1, -0.05) is 43.5 Å². The second-order valence-corrected chi connectivity index (χ2v) is 11.6. The van der Waals surface area contributed by atoms with Gasteiger partial charge in [0.1, 0.15) is 17.7 Å². The van der Waals surface area contributed by atoms with Crippen molar-refractivity contribution in [2.24, 2.45) is 5.92 Å². The molecule has 1 aliphatic heterocycles. The second kappa shape index (κ2) is 12.8. The van der Waals surface area contributed by atoms with Crippen LogP contribution >= 0.6 is 0 Å². The quantitative estimate of drug-likeness (QED) is 0.243. The molecule has 212 valence electrons. The largest absolute Gasteiger partial charge is 0.495 e. The van der Waals surface area contributed by atoms with E-state index in [0.717, 1.165) is 44.0 Å². The molecular formula is C27H36N4O7S. The molecule has 2 aliphatic rings. The molecular weight excluding hydrogens is 524 g/mol. The van der Waals surface area contributed by atoms with Gasteiger partial charge in [0.05, 0.1) is 30.5 Å². The molecule has 12 heteroatoms. The minimum atomic E-state index is -3.79. The first-order chi connectivity index (χ1) is 18.7. The Hall–Kier alpha value is -3.22. The minimum Gasteiger partial charge on any atom is -0.495 e. The molecule has 1 atom stereocenters. The highest BCUT2D eigenvalue weighted by Crippen LogP contribution is 2.33. The van der Waals surface area contributed by atoms with Gasteiger partial charge in [-0.05, 0) is 31.0 Å². The van der Waals surface area contributed by atoms with Crippen molar-refractivity contribution in [3.05, 3.63) is 58.6 Å². The van der Waals surface area contributed by atoms with Crippen LogP contribution in [0.3, 0.4) is 0 Å². The first-order valence-corrected chi connectivity index (χ1v) is 15.0. The third-order valence-electron chi connectivity index (χ3n) is 7.35. The fourth-order valence-electron chi connectivity index (χ4n) is 5.44. The number of amides is 1. The molecule has 0 spiro atoms. The number of methoxy groups -OCH3 is 1. The van der Waals surface area contributed by atoms with Crippen LogP contribution in [0.2, 0.25) is 0 Å². The van der Waals surface area contributed by atoms with Gasteiger partial charge in [-0.2, -0.15) is 8.42 Å². The number of nitro groups is 1. The number of nitrogens with zero attached hydrogens (tertiary/aromatic N) is 4. The van der Waals surface area contributed by atoms with Crippen LogP contribution in [-0.4, -0.2) is 76.5 Å². The first-order valence-electron chi connectivity index (χ1n) is 13.2. The topological polar surface area (TPSA) is 123 Å². The Morgan fingerprint density at radius 3 is 2.46 bits per heavy atom. The van der Waals surface area contributed by atoms with E-state index < -0.39 is 21.3 Å². The number of hydrogen-bond acceptors (Lipinski definition) is 9. The van der Waals surface area contributed by atoms with Crippen molar-refractivity contribution in [1.29, 1.82) is 0 Å². The lowest BCUT2D eigenvalue weighted by atomic mass is 9.88. The van der Waals surface area contributed by atoms with Crippen molar-refractivity contribution in [2.75, 3.05) is 55.9 Å². The maximum absolute atomic E-state index is 13.7. The highest BCUT2D eigenvalue weighted by molar-refractivity contribution is 7.86. The summed E-state index contributed by atoms with van der Waals surface area (Å²) in [6.45, 7) is 1.74. The number of piperazine rings is 1. The maximum Gasteiger partial charge on any atom is 0.292 e. The Balaban J connectivity index is 1.58. The molecule has 0 radical (unpaired) electrons. The molecule has 1 heterocycles. The van der Waals surface area contributed by atoms with Crippen LogP contribution in [0.5, 0.6) is 5.75 Å². The normalized spacial score (nSPS) is 19.0. The van der Waals surface area contributed by atoms with Gasteiger partial charge < -0.3 is 14.5 Å². The van der Waals surface area contributed by atoms with E-state index in [9.17, 15) is 23.3 Å². The van der Waals surface area contributed by atoms with E-state index in [1.54, 1.807) is 25.3 Å². The highest BCUT2D eigenvalue weighted by atomic mass is 32.2. The zero-order chi connectivity index (χ0) is 28.0. The number of rotatable bonds is 10. The average molecular weight is 561 g/mol. The summed E-state index contributed by atoms with van der Waals surface area (Å²) >= 11 is 0. The SMILES string of the molecule is COc1ccccc1N1CCN(CCN(C(=O)C2CCCCC2)c2ccccc2[N+](=O)[O-])C(OS(C)(=O)=O)C1. The zero-order valence-corrected chi connectivity index (χ0v) is 23.2.